The van der Waals surface area contributed by atoms with Crippen molar-refractivity contribution in [3.63, 3.8) is 0 Å². The molecule has 2 aromatic heterocycles. The number of benzene rings is 1. The Balaban J connectivity index is 1.93. The Morgan fingerprint density at radius 2 is 2.09 bits per heavy atom. The normalized spacial score (nSPS) is 10.9. The zero-order chi connectivity index (χ0) is 15.5. The summed E-state index contributed by atoms with van der Waals surface area (Å²) in [5.41, 5.74) is 1.24. The van der Waals surface area contributed by atoms with Crippen LogP contribution in [0, 0.1) is 0 Å². The van der Waals surface area contributed by atoms with E-state index in [1.807, 2.05) is 30.3 Å². The molecule has 0 radical (unpaired) electrons. The van der Waals surface area contributed by atoms with Crippen molar-refractivity contribution in [3.8, 4) is 10.6 Å². The van der Waals surface area contributed by atoms with E-state index in [2.05, 4.69) is 10.1 Å². The lowest BCUT2D eigenvalue weighted by molar-refractivity contribution is -0.133. The molecule has 0 aliphatic heterocycles. The second-order valence-electron chi connectivity index (χ2n) is 4.44. The summed E-state index contributed by atoms with van der Waals surface area (Å²) in [6, 6.07) is 11.0. The predicted molar refractivity (Wildman–Crippen MR) is 86.4 cm³/mol. The Bertz CT molecular complexity index is 874. The molecule has 3 aromatic rings. The number of carboxylic acids is 1. The maximum absolute atomic E-state index is 12.1. The fourth-order valence-corrected chi connectivity index (χ4v) is 3.43. The van der Waals surface area contributed by atoms with Gasteiger partial charge in [0, 0.05) is 17.4 Å². The minimum absolute atomic E-state index is 0.0149. The van der Waals surface area contributed by atoms with Crippen molar-refractivity contribution in [2.75, 3.05) is 5.75 Å². The molecule has 0 fully saturated rings. The van der Waals surface area contributed by atoms with Gasteiger partial charge in [-0.25, -0.2) is 4.98 Å². The molecule has 0 aliphatic carbocycles. The third-order valence-electron chi connectivity index (χ3n) is 2.79. The van der Waals surface area contributed by atoms with E-state index in [-0.39, 0.29) is 11.3 Å². The van der Waals surface area contributed by atoms with Crippen molar-refractivity contribution in [1.29, 1.82) is 0 Å². The van der Waals surface area contributed by atoms with Crippen LogP contribution < -0.4 is 5.56 Å². The molecule has 8 heteroatoms. The fourth-order valence-electron chi connectivity index (χ4n) is 1.87. The van der Waals surface area contributed by atoms with Crippen LogP contribution >= 0.6 is 23.1 Å². The first-order valence-corrected chi connectivity index (χ1v) is 8.35. The van der Waals surface area contributed by atoms with E-state index in [1.54, 1.807) is 0 Å². The molecule has 0 unspecified atom stereocenters. The second kappa shape index (κ2) is 6.29. The van der Waals surface area contributed by atoms with E-state index in [0.717, 1.165) is 10.6 Å². The maximum atomic E-state index is 12.1. The number of hydrogen-bond acceptors (Lipinski definition) is 6. The van der Waals surface area contributed by atoms with Crippen LogP contribution in [0.25, 0.3) is 15.5 Å². The van der Waals surface area contributed by atoms with Crippen LogP contribution in [0.3, 0.4) is 0 Å². The van der Waals surface area contributed by atoms with E-state index in [1.165, 1.54) is 33.7 Å². The number of aliphatic carboxylic acids is 1. The smallest absolute Gasteiger partial charge is 0.313 e. The van der Waals surface area contributed by atoms with Gasteiger partial charge in [0.1, 0.15) is 5.01 Å². The predicted octanol–water partition coefficient (Wildman–Crippen LogP) is 2.14. The highest BCUT2D eigenvalue weighted by atomic mass is 32.2. The molecule has 112 valence electrons. The van der Waals surface area contributed by atoms with E-state index in [4.69, 9.17) is 5.11 Å². The van der Waals surface area contributed by atoms with Gasteiger partial charge < -0.3 is 5.11 Å². The number of fused-ring (bicyclic) bond motifs is 1. The number of carboxylic acid groups (broad SMARTS) is 1. The van der Waals surface area contributed by atoms with Gasteiger partial charge in [-0.2, -0.15) is 9.61 Å². The van der Waals surface area contributed by atoms with Crippen LogP contribution in [0.5, 0.6) is 0 Å². The standard InChI is InChI=1S/C14H11N3O3S2/c18-11-6-10(7-21-8-12(19)20)15-14-17(11)16-13(22-14)9-4-2-1-3-5-9/h1-6H,7-8H2,(H,19,20). The molecule has 22 heavy (non-hydrogen) atoms. The summed E-state index contributed by atoms with van der Waals surface area (Å²) >= 11 is 2.54. The van der Waals surface area contributed by atoms with Crippen LogP contribution in [0.15, 0.2) is 41.2 Å². The molecule has 1 aromatic carbocycles. The third kappa shape index (κ3) is 3.18. The van der Waals surface area contributed by atoms with E-state index < -0.39 is 5.97 Å². The van der Waals surface area contributed by atoms with Gasteiger partial charge in [-0.05, 0) is 0 Å². The molecule has 2 heterocycles. The molecule has 0 saturated heterocycles. The Morgan fingerprint density at radius 1 is 1.32 bits per heavy atom. The van der Waals surface area contributed by atoms with E-state index in [0.29, 0.717) is 16.4 Å². The minimum atomic E-state index is -0.882. The molecule has 0 spiro atoms. The highest BCUT2D eigenvalue weighted by Gasteiger charge is 2.10. The average Bonchev–Trinajstić information content (AvgIpc) is 2.92. The van der Waals surface area contributed by atoms with Gasteiger partial charge in [-0.3, -0.25) is 9.59 Å². The average molecular weight is 333 g/mol. The number of nitrogens with zero attached hydrogens (tertiary/aromatic N) is 3. The van der Waals surface area contributed by atoms with Gasteiger partial charge in [0.2, 0.25) is 4.96 Å². The monoisotopic (exact) mass is 333 g/mol. The summed E-state index contributed by atoms with van der Waals surface area (Å²) in [7, 11) is 0. The molecular weight excluding hydrogens is 322 g/mol. The first-order chi connectivity index (χ1) is 10.6. The summed E-state index contributed by atoms with van der Waals surface area (Å²) in [6.45, 7) is 0. The van der Waals surface area contributed by atoms with E-state index in [9.17, 15) is 9.59 Å². The lowest BCUT2D eigenvalue weighted by Gasteiger charge is -1.98. The Kier molecular flexibility index (Phi) is 4.21. The Labute approximate surface area is 133 Å². The van der Waals surface area contributed by atoms with Crippen LogP contribution in [-0.4, -0.2) is 31.4 Å². The topological polar surface area (TPSA) is 84.6 Å². The largest absolute Gasteiger partial charge is 0.481 e. The van der Waals surface area contributed by atoms with Crippen molar-refractivity contribution in [3.05, 3.63) is 52.4 Å². The van der Waals surface area contributed by atoms with Crippen LogP contribution in [-0.2, 0) is 10.5 Å². The summed E-state index contributed by atoms with van der Waals surface area (Å²) < 4.78 is 1.28. The Morgan fingerprint density at radius 3 is 2.82 bits per heavy atom. The molecular formula is C14H11N3O3S2. The zero-order valence-corrected chi connectivity index (χ0v) is 12.9. The fraction of sp³-hybridized carbons (Fsp3) is 0.143. The highest BCUT2D eigenvalue weighted by Crippen LogP contribution is 2.24. The summed E-state index contributed by atoms with van der Waals surface area (Å²) in [6.07, 6.45) is 0. The summed E-state index contributed by atoms with van der Waals surface area (Å²) in [5.74, 6) is -0.512. The van der Waals surface area contributed by atoms with Gasteiger partial charge in [-0.15, -0.1) is 11.8 Å². The molecule has 3 rings (SSSR count). The van der Waals surface area contributed by atoms with Crippen molar-refractivity contribution < 1.29 is 9.90 Å². The number of aromatic nitrogens is 3. The van der Waals surface area contributed by atoms with Gasteiger partial charge >= 0.3 is 5.97 Å². The van der Waals surface area contributed by atoms with Crippen LogP contribution in [0.1, 0.15) is 5.69 Å². The van der Waals surface area contributed by atoms with Crippen molar-refractivity contribution in [2.24, 2.45) is 0 Å². The molecule has 0 aliphatic rings. The SMILES string of the molecule is O=C(O)CSCc1cc(=O)n2nc(-c3ccccc3)sc2n1. The highest BCUT2D eigenvalue weighted by molar-refractivity contribution is 7.99. The number of hydrogen-bond donors (Lipinski definition) is 1. The zero-order valence-electron chi connectivity index (χ0n) is 11.3. The lowest BCUT2D eigenvalue weighted by Crippen LogP contribution is -2.15. The summed E-state index contributed by atoms with van der Waals surface area (Å²) in [4.78, 5) is 27.5. The van der Waals surface area contributed by atoms with Crippen molar-refractivity contribution in [2.45, 2.75) is 5.75 Å². The summed E-state index contributed by atoms with van der Waals surface area (Å²) in [5, 5.41) is 13.6. The number of carbonyl (C=O) groups is 1. The first kappa shape index (κ1) is 14.7. The molecule has 6 nitrogen and oxygen atoms in total. The van der Waals surface area contributed by atoms with Gasteiger partial charge in [0.25, 0.3) is 5.56 Å². The van der Waals surface area contributed by atoms with Gasteiger partial charge in [-0.1, -0.05) is 41.7 Å². The van der Waals surface area contributed by atoms with Crippen LogP contribution in [0.4, 0.5) is 0 Å². The maximum Gasteiger partial charge on any atom is 0.313 e. The quantitative estimate of drug-likeness (QED) is 0.770. The molecule has 0 bridgehead atoms. The van der Waals surface area contributed by atoms with Crippen LogP contribution in [0.2, 0.25) is 0 Å². The lowest BCUT2D eigenvalue weighted by atomic mass is 10.2. The van der Waals surface area contributed by atoms with Gasteiger partial charge in [0.15, 0.2) is 0 Å². The number of thioether (sulfide) groups is 1. The molecule has 0 atom stereocenters. The second-order valence-corrected chi connectivity index (χ2v) is 6.38. The van der Waals surface area contributed by atoms with Crippen molar-refractivity contribution in [1.82, 2.24) is 14.6 Å². The third-order valence-corrected chi connectivity index (χ3v) is 4.70. The van der Waals surface area contributed by atoms with Crippen molar-refractivity contribution >= 4 is 34.0 Å². The molecule has 0 saturated carbocycles. The number of rotatable bonds is 5. The van der Waals surface area contributed by atoms with Gasteiger partial charge in [0.05, 0.1) is 11.4 Å². The minimum Gasteiger partial charge on any atom is -0.481 e. The molecule has 1 N–H and O–H groups in total. The molecule has 0 amide bonds. The first-order valence-electron chi connectivity index (χ1n) is 6.38. The van der Waals surface area contributed by atoms with E-state index >= 15 is 0 Å². The Hall–Kier alpha value is -2.19.